The molecule has 0 saturated heterocycles. The first-order valence-corrected chi connectivity index (χ1v) is 6.25. The van der Waals surface area contributed by atoms with Crippen LogP contribution in [0.5, 0.6) is 5.75 Å². The third-order valence-corrected chi connectivity index (χ3v) is 3.04. The van der Waals surface area contributed by atoms with Crippen molar-refractivity contribution >= 4 is 5.97 Å². The lowest BCUT2D eigenvalue weighted by molar-refractivity contribution is -0.133. The number of carbonyl (C=O) groups is 1. The normalized spacial score (nSPS) is 14.5. The average molecular weight is 230 g/mol. The second-order valence-corrected chi connectivity index (χ2v) is 4.41. The molecular weight excluding hydrogens is 212 g/mol. The first-order valence-electron chi connectivity index (χ1n) is 6.25. The summed E-state index contributed by atoms with van der Waals surface area (Å²) in [6, 6.07) is 7.73. The number of rotatable bonds is 4. The fourth-order valence-corrected chi connectivity index (χ4v) is 2.08. The lowest BCUT2D eigenvalue weighted by Crippen LogP contribution is -2.08. The Kier molecular flexibility index (Phi) is 3.97. The molecule has 2 rings (SSSR count). The summed E-state index contributed by atoms with van der Waals surface area (Å²) in [7, 11) is 0. The van der Waals surface area contributed by atoms with E-state index in [-0.39, 0.29) is 5.97 Å². The molecule has 0 aromatic heterocycles. The number of ether oxygens (including phenoxy) is 1. The highest BCUT2D eigenvalue weighted by molar-refractivity contribution is 5.75. The Hall–Kier alpha value is -1.57. The molecule has 0 spiro atoms. The third kappa shape index (κ3) is 3.45. The highest BCUT2D eigenvalue weighted by atomic mass is 16.5. The van der Waals surface area contributed by atoms with Crippen LogP contribution in [0.4, 0.5) is 0 Å². The van der Waals surface area contributed by atoms with E-state index in [0.29, 0.717) is 12.2 Å². The smallest absolute Gasteiger partial charge is 0.315 e. The first-order chi connectivity index (χ1) is 8.28. The molecule has 1 aromatic rings. The zero-order valence-electron chi connectivity index (χ0n) is 10.2. The van der Waals surface area contributed by atoms with Gasteiger partial charge in [-0.1, -0.05) is 30.7 Å². The first kappa shape index (κ1) is 11.9. The van der Waals surface area contributed by atoms with Crippen molar-refractivity contribution in [3.8, 4) is 5.75 Å². The monoisotopic (exact) mass is 230 g/mol. The predicted octanol–water partition coefficient (Wildman–Crippen LogP) is 3.65. The van der Waals surface area contributed by atoms with Gasteiger partial charge in [0.05, 0.1) is 6.42 Å². The molecule has 0 bridgehead atoms. The molecule has 1 aliphatic carbocycles. The van der Waals surface area contributed by atoms with E-state index in [2.05, 4.69) is 13.0 Å². The minimum absolute atomic E-state index is 0.147. The fraction of sp³-hybridized carbons (Fsp3) is 0.400. The molecule has 0 aliphatic heterocycles. The van der Waals surface area contributed by atoms with Crippen molar-refractivity contribution in [2.45, 2.75) is 39.0 Å². The Morgan fingerprint density at radius 1 is 1.41 bits per heavy atom. The van der Waals surface area contributed by atoms with Gasteiger partial charge >= 0.3 is 5.97 Å². The van der Waals surface area contributed by atoms with E-state index in [1.54, 1.807) is 0 Å². The number of hydrogen-bond donors (Lipinski definition) is 0. The van der Waals surface area contributed by atoms with Crippen LogP contribution in [-0.4, -0.2) is 5.97 Å². The highest BCUT2D eigenvalue weighted by Gasteiger charge is 2.11. The molecule has 0 atom stereocenters. The molecule has 0 saturated carbocycles. The van der Waals surface area contributed by atoms with E-state index >= 15 is 0 Å². The van der Waals surface area contributed by atoms with Gasteiger partial charge in [-0.2, -0.15) is 0 Å². The number of carbonyl (C=O) groups excluding carboxylic acids is 1. The number of allylic oxidation sites excluding steroid dienone is 1. The fourth-order valence-electron chi connectivity index (χ4n) is 2.08. The van der Waals surface area contributed by atoms with E-state index in [0.717, 1.165) is 19.3 Å². The second kappa shape index (κ2) is 5.67. The van der Waals surface area contributed by atoms with Gasteiger partial charge in [0.25, 0.3) is 0 Å². The highest BCUT2D eigenvalue weighted by Crippen LogP contribution is 2.22. The van der Waals surface area contributed by atoms with Crippen molar-refractivity contribution in [3.05, 3.63) is 41.5 Å². The summed E-state index contributed by atoms with van der Waals surface area (Å²) >= 11 is 0. The van der Waals surface area contributed by atoms with Crippen molar-refractivity contribution < 1.29 is 9.53 Å². The van der Waals surface area contributed by atoms with Crippen LogP contribution in [-0.2, 0) is 11.2 Å². The Labute approximate surface area is 102 Å². The summed E-state index contributed by atoms with van der Waals surface area (Å²) in [5.74, 6) is 0.513. The standard InChI is InChI=1S/C15H18O2/c1-2-12-8-5-9-14(10-12)17-15(16)11-13-6-3-4-7-13/h5-6,8-10H,2-4,7,11H2,1H3. The lowest BCUT2D eigenvalue weighted by Gasteiger charge is -2.06. The molecule has 90 valence electrons. The van der Waals surface area contributed by atoms with Crippen molar-refractivity contribution in [3.63, 3.8) is 0 Å². The van der Waals surface area contributed by atoms with Crippen LogP contribution in [0.2, 0.25) is 0 Å². The average Bonchev–Trinajstić information content (AvgIpc) is 2.82. The van der Waals surface area contributed by atoms with Crippen LogP contribution in [0.3, 0.4) is 0 Å². The van der Waals surface area contributed by atoms with Crippen LogP contribution in [0.15, 0.2) is 35.9 Å². The summed E-state index contributed by atoms with van der Waals surface area (Å²) in [6.07, 6.45) is 6.88. The molecule has 1 aromatic carbocycles. The summed E-state index contributed by atoms with van der Waals surface area (Å²) in [5, 5.41) is 0. The van der Waals surface area contributed by atoms with Gasteiger partial charge in [0.15, 0.2) is 0 Å². The number of hydrogen-bond acceptors (Lipinski definition) is 2. The Balaban J connectivity index is 1.92. The van der Waals surface area contributed by atoms with Gasteiger partial charge in [0, 0.05) is 0 Å². The molecule has 0 fully saturated rings. The molecule has 1 aliphatic rings. The van der Waals surface area contributed by atoms with Crippen LogP contribution < -0.4 is 4.74 Å². The van der Waals surface area contributed by atoms with E-state index in [1.165, 1.54) is 17.6 Å². The molecular formula is C15H18O2. The van der Waals surface area contributed by atoms with Crippen LogP contribution in [0, 0.1) is 0 Å². The summed E-state index contributed by atoms with van der Waals surface area (Å²) in [4.78, 5) is 11.7. The van der Waals surface area contributed by atoms with E-state index in [1.807, 2.05) is 24.3 Å². The van der Waals surface area contributed by atoms with Gasteiger partial charge in [-0.05, 0) is 43.4 Å². The van der Waals surface area contributed by atoms with Gasteiger partial charge < -0.3 is 4.74 Å². The molecule has 0 radical (unpaired) electrons. The maximum absolute atomic E-state index is 11.7. The van der Waals surface area contributed by atoms with E-state index in [4.69, 9.17) is 4.74 Å². The maximum atomic E-state index is 11.7. The molecule has 0 heterocycles. The molecule has 0 unspecified atom stereocenters. The summed E-state index contributed by atoms with van der Waals surface area (Å²) < 4.78 is 5.34. The van der Waals surface area contributed by atoms with Gasteiger partial charge in [0.2, 0.25) is 0 Å². The minimum Gasteiger partial charge on any atom is -0.426 e. The van der Waals surface area contributed by atoms with Gasteiger partial charge in [-0.3, -0.25) is 4.79 Å². The number of benzene rings is 1. The molecule has 2 nitrogen and oxygen atoms in total. The topological polar surface area (TPSA) is 26.3 Å². The third-order valence-electron chi connectivity index (χ3n) is 3.04. The zero-order chi connectivity index (χ0) is 12.1. The van der Waals surface area contributed by atoms with E-state index < -0.39 is 0 Å². The van der Waals surface area contributed by atoms with Crippen LogP contribution >= 0.6 is 0 Å². The number of aryl methyl sites for hydroxylation is 1. The largest absolute Gasteiger partial charge is 0.426 e. The van der Waals surface area contributed by atoms with Gasteiger partial charge in [0.1, 0.15) is 5.75 Å². The predicted molar refractivity (Wildman–Crippen MR) is 68.0 cm³/mol. The van der Waals surface area contributed by atoms with E-state index in [9.17, 15) is 4.79 Å². The molecule has 0 N–H and O–H groups in total. The van der Waals surface area contributed by atoms with Crippen molar-refractivity contribution in [2.75, 3.05) is 0 Å². The van der Waals surface area contributed by atoms with Crippen molar-refractivity contribution in [1.82, 2.24) is 0 Å². The minimum atomic E-state index is -0.147. The Morgan fingerprint density at radius 2 is 2.29 bits per heavy atom. The Morgan fingerprint density at radius 3 is 3.00 bits per heavy atom. The summed E-state index contributed by atoms with van der Waals surface area (Å²) in [5.41, 5.74) is 2.41. The molecule has 17 heavy (non-hydrogen) atoms. The quantitative estimate of drug-likeness (QED) is 0.448. The molecule has 2 heteroatoms. The van der Waals surface area contributed by atoms with Gasteiger partial charge in [-0.25, -0.2) is 0 Å². The summed E-state index contributed by atoms with van der Waals surface area (Å²) in [6.45, 7) is 2.09. The van der Waals surface area contributed by atoms with Crippen molar-refractivity contribution in [2.24, 2.45) is 0 Å². The molecule has 0 amide bonds. The zero-order valence-corrected chi connectivity index (χ0v) is 10.2. The van der Waals surface area contributed by atoms with Crippen molar-refractivity contribution in [1.29, 1.82) is 0 Å². The van der Waals surface area contributed by atoms with Gasteiger partial charge in [-0.15, -0.1) is 0 Å². The SMILES string of the molecule is CCc1cccc(OC(=O)CC2=CCCC2)c1. The Bertz CT molecular complexity index is 432. The maximum Gasteiger partial charge on any atom is 0.315 e. The second-order valence-electron chi connectivity index (χ2n) is 4.41. The van der Waals surface area contributed by atoms with Crippen LogP contribution in [0.25, 0.3) is 0 Å². The lowest BCUT2D eigenvalue weighted by atomic mass is 10.1. The number of esters is 1. The van der Waals surface area contributed by atoms with Crippen LogP contribution in [0.1, 0.15) is 38.2 Å².